The zero-order valence-electron chi connectivity index (χ0n) is 12.1. The number of methoxy groups -OCH3 is 1. The van der Waals surface area contributed by atoms with Crippen molar-refractivity contribution in [3.8, 4) is 5.75 Å². The van der Waals surface area contributed by atoms with E-state index < -0.39 is 6.10 Å². The Hall–Kier alpha value is -1.88. The van der Waals surface area contributed by atoms with Gasteiger partial charge in [0.05, 0.1) is 25.9 Å². The normalized spacial score (nSPS) is 13.7. The predicted molar refractivity (Wildman–Crippen MR) is 82.2 cm³/mol. The summed E-state index contributed by atoms with van der Waals surface area (Å²) in [7, 11) is 1.60. The molecule has 2 unspecified atom stereocenters. The van der Waals surface area contributed by atoms with Crippen LogP contribution in [-0.2, 0) is 0 Å². The number of ether oxygens (including phenoxy) is 1. The summed E-state index contributed by atoms with van der Waals surface area (Å²) in [6.45, 7) is 0.335. The Bertz CT molecular complexity index is 545. The van der Waals surface area contributed by atoms with Crippen LogP contribution in [-0.4, -0.2) is 30.5 Å². The van der Waals surface area contributed by atoms with Crippen molar-refractivity contribution in [1.82, 2.24) is 5.32 Å². The number of aliphatic hydroxyl groups excluding tert-OH is 2. The molecule has 2 atom stereocenters. The van der Waals surface area contributed by atoms with Crippen LogP contribution in [0.25, 0.3) is 0 Å². The molecule has 0 radical (unpaired) electrons. The Kier molecular flexibility index (Phi) is 5.75. The Morgan fingerprint density at radius 2 is 1.76 bits per heavy atom. The molecule has 4 heteroatoms. The van der Waals surface area contributed by atoms with Gasteiger partial charge in [-0.15, -0.1) is 0 Å². The van der Waals surface area contributed by atoms with Crippen LogP contribution in [0.1, 0.15) is 23.3 Å². The molecule has 3 N–H and O–H groups in total. The summed E-state index contributed by atoms with van der Waals surface area (Å²) >= 11 is 0. The maximum absolute atomic E-state index is 10.2. The van der Waals surface area contributed by atoms with E-state index in [1.165, 1.54) is 0 Å². The molecule has 2 aromatic rings. The maximum atomic E-state index is 10.2. The van der Waals surface area contributed by atoms with Crippen LogP contribution in [0.5, 0.6) is 5.75 Å². The van der Waals surface area contributed by atoms with Crippen molar-refractivity contribution < 1.29 is 14.9 Å². The number of rotatable bonds is 7. The summed E-state index contributed by atoms with van der Waals surface area (Å²) in [5, 5.41) is 22.9. The molecule has 0 aromatic heterocycles. The molecule has 112 valence electrons. The van der Waals surface area contributed by atoms with Crippen molar-refractivity contribution in [3.63, 3.8) is 0 Å². The van der Waals surface area contributed by atoms with Gasteiger partial charge in [-0.2, -0.15) is 0 Å². The van der Waals surface area contributed by atoms with E-state index >= 15 is 0 Å². The Morgan fingerprint density at radius 1 is 1.05 bits per heavy atom. The van der Waals surface area contributed by atoms with Crippen LogP contribution in [0.4, 0.5) is 0 Å². The standard InChI is InChI=1S/C17H21NO3/c1-21-15-9-5-8-14(10-15)17(20)11-18-16(12-19)13-6-3-2-4-7-13/h2-10,16-20H,11-12H2,1H3. The third-order valence-electron chi connectivity index (χ3n) is 3.42. The van der Waals surface area contributed by atoms with Crippen LogP contribution in [0.3, 0.4) is 0 Å². The second-order valence-corrected chi connectivity index (χ2v) is 4.85. The highest BCUT2D eigenvalue weighted by atomic mass is 16.5. The van der Waals surface area contributed by atoms with Gasteiger partial charge in [0.2, 0.25) is 0 Å². The molecule has 0 bridgehead atoms. The molecule has 0 fully saturated rings. The molecular weight excluding hydrogens is 266 g/mol. The molecule has 0 saturated heterocycles. The smallest absolute Gasteiger partial charge is 0.119 e. The monoisotopic (exact) mass is 287 g/mol. The molecule has 0 spiro atoms. The van der Waals surface area contributed by atoms with Gasteiger partial charge in [0.15, 0.2) is 0 Å². The third-order valence-corrected chi connectivity index (χ3v) is 3.42. The fourth-order valence-electron chi connectivity index (χ4n) is 2.19. The third kappa shape index (κ3) is 4.29. The van der Waals surface area contributed by atoms with Gasteiger partial charge in [0.1, 0.15) is 5.75 Å². The molecule has 0 heterocycles. The largest absolute Gasteiger partial charge is 0.497 e. The number of nitrogens with one attached hydrogen (secondary N) is 1. The van der Waals surface area contributed by atoms with Crippen molar-refractivity contribution in [2.45, 2.75) is 12.1 Å². The lowest BCUT2D eigenvalue weighted by Gasteiger charge is -2.19. The Balaban J connectivity index is 1.97. The van der Waals surface area contributed by atoms with Gasteiger partial charge in [-0.3, -0.25) is 0 Å². The SMILES string of the molecule is COc1cccc(C(O)CNC(CO)c2ccccc2)c1. The van der Waals surface area contributed by atoms with E-state index in [0.29, 0.717) is 12.3 Å². The van der Waals surface area contributed by atoms with E-state index in [1.54, 1.807) is 7.11 Å². The summed E-state index contributed by atoms with van der Waals surface area (Å²) in [4.78, 5) is 0. The molecule has 0 saturated carbocycles. The van der Waals surface area contributed by atoms with Crippen LogP contribution in [0.2, 0.25) is 0 Å². The van der Waals surface area contributed by atoms with Gasteiger partial charge in [-0.05, 0) is 23.3 Å². The lowest BCUT2D eigenvalue weighted by atomic mass is 10.1. The van der Waals surface area contributed by atoms with E-state index in [1.807, 2.05) is 54.6 Å². The van der Waals surface area contributed by atoms with Gasteiger partial charge < -0.3 is 20.3 Å². The number of benzene rings is 2. The zero-order valence-corrected chi connectivity index (χ0v) is 12.1. The molecule has 21 heavy (non-hydrogen) atoms. The van der Waals surface area contributed by atoms with Gasteiger partial charge in [0, 0.05) is 6.54 Å². The molecular formula is C17H21NO3. The van der Waals surface area contributed by atoms with E-state index in [9.17, 15) is 10.2 Å². The second kappa shape index (κ2) is 7.78. The second-order valence-electron chi connectivity index (χ2n) is 4.85. The Morgan fingerprint density at radius 3 is 2.43 bits per heavy atom. The highest BCUT2D eigenvalue weighted by Crippen LogP contribution is 2.19. The maximum Gasteiger partial charge on any atom is 0.119 e. The first-order valence-corrected chi connectivity index (χ1v) is 6.95. The minimum Gasteiger partial charge on any atom is -0.497 e. The molecule has 0 aliphatic carbocycles. The van der Waals surface area contributed by atoms with Gasteiger partial charge >= 0.3 is 0 Å². The lowest BCUT2D eigenvalue weighted by molar-refractivity contribution is 0.158. The van der Waals surface area contributed by atoms with Gasteiger partial charge in [-0.25, -0.2) is 0 Å². The van der Waals surface area contributed by atoms with Crippen molar-refractivity contribution >= 4 is 0 Å². The average Bonchev–Trinajstić information content (AvgIpc) is 2.56. The van der Waals surface area contributed by atoms with Gasteiger partial charge in [0.25, 0.3) is 0 Å². The van der Waals surface area contributed by atoms with E-state index in [4.69, 9.17) is 4.74 Å². The molecule has 0 aliphatic heterocycles. The summed E-state index contributed by atoms with van der Waals surface area (Å²) in [5.74, 6) is 0.716. The van der Waals surface area contributed by atoms with Crippen LogP contribution in [0.15, 0.2) is 54.6 Å². The first kappa shape index (κ1) is 15.5. The van der Waals surface area contributed by atoms with Crippen LogP contribution >= 0.6 is 0 Å². The first-order chi connectivity index (χ1) is 10.2. The summed E-state index contributed by atoms with van der Waals surface area (Å²) in [6.07, 6.45) is -0.655. The highest BCUT2D eigenvalue weighted by molar-refractivity contribution is 5.30. The average molecular weight is 287 g/mol. The molecule has 0 aliphatic rings. The van der Waals surface area contributed by atoms with Crippen molar-refractivity contribution in [2.75, 3.05) is 20.3 Å². The first-order valence-electron chi connectivity index (χ1n) is 6.95. The van der Waals surface area contributed by atoms with E-state index in [0.717, 1.165) is 11.1 Å². The molecule has 2 aromatic carbocycles. The fraction of sp³-hybridized carbons (Fsp3) is 0.294. The quantitative estimate of drug-likeness (QED) is 0.729. The molecule has 2 rings (SSSR count). The number of hydrogen-bond acceptors (Lipinski definition) is 4. The van der Waals surface area contributed by atoms with Gasteiger partial charge in [-0.1, -0.05) is 42.5 Å². The summed E-state index contributed by atoms with van der Waals surface area (Å²) in [5.41, 5.74) is 1.78. The van der Waals surface area contributed by atoms with Crippen molar-refractivity contribution in [1.29, 1.82) is 0 Å². The van der Waals surface area contributed by atoms with Crippen molar-refractivity contribution in [3.05, 3.63) is 65.7 Å². The lowest BCUT2D eigenvalue weighted by Crippen LogP contribution is -2.28. The van der Waals surface area contributed by atoms with Crippen LogP contribution in [0, 0.1) is 0 Å². The summed E-state index contributed by atoms with van der Waals surface area (Å²) in [6, 6.07) is 16.8. The molecule has 4 nitrogen and oxygen atoms in total. The number of hydrogen-bond donors (Lipinski definition) is 3. The predicted octanol–water partition coefficient (Wildman–Crippen LogP) is 2.05. The summed E-state index contributed by atoms with van der Waals surface area (Å²) < 4.78 is 5.15. The minimum absolute atomic E-state index is 0.0190. The highest BCUT2D eigenvalue weighted by Gasteiger charge is 2.13. The Labute approximate surface area is 125 Å². The molecule has 0 amide bonds. The van der Waals surface area contributed by atoms with E-state index in [-0.39, 0.29) is 12.6 Å². The van der Waals surface area contributed by atoms with Crippen LogP contribution < -0.4 is 10.1 Å². The fourth-order valence-corrected chi connectivity index (χ4v) is 2.19. The number of aliphatic hydroxyl groups is 2. The topological polar surface area (TPSA) is 61.7 Å². The van der Waals surface area contributed by atoms with Crippen molar-refractivity contribution in [2.24, 2.45) is 0 Å². The minimum atomic E-state index is -0.655. The zero-order chi connectivity index (χ0) is 15.1. The van der Waals surface area contributed by atoms with E-state index in [2.05, 4.69) is 5.32 Å².